The van der Waals surface area contributed by atoms with Crippen molar-refractivity contribution in [3.8, 4) is 11.4 Å². The van der Waals surface area contributed by atoms with Crippen LogP contribution in [0.1, 0.15) is 6.42 Å². The fourth-order valence-corrected chi connectivity index (χ4v) is 3.74. The molecule has 0 N–H and O–H groups in total. The molecule has 0 saturated carbocycles. The Morgan fingerprint density at radius 2 is 1.58 bits per heavy atom. The average Bonchev–Trinajstić information content (AvgIpc) is 2.97. The standard InChI is InChI=1S/C17H16N2O4S/c20-17-19(16(18-23-17)14-8-3-1-4-9-14)12-7-13-24(21,22)15-10-5-2-6-11-15/h1-6,8-11H,7,12-13H2. The van der Waals surface area contributed by atoms with Gasteiger partial charge in [-0.2, -0.15) is 0 Å². The lowest BCUT2D eigenvalue weighted by Crippen LogP contribution is -2.18. The molecule has 0 spiro atoms. The van der Waals surface area contributed by atoms with Crippen molar-refractivity contribution < 1.29 is 12.9 Å². The van der Waals surface area contributed by atoms with Crippen molar-refractivity contribution >= 4 is 9.84 Å². The fourth-order valence-electron chi connectivity index (χ4n) is 2.42. The smallest absolute Gasteiger partial charge is 0.295 e. The number of hydrogen-bond acceptors (Lipinski definition) is 5. The topological polar surface area (TPSA) is 82.2 Å². The molecule has 0 unspecified atom stereocenters. The minimum absolute atomic E-state index is 0.0527. The van der Waals surface area contributed by atoms with Crippen LogP contribution in [0.25, 0.3) is 11.4 Å². The molecule has 0 atom stereocenters. The van der Waals surface area contributed by atoms with Crippen LogP contribution in [0, 0.1) is 0 Å². The molecule has 1 aromatic heterocycles. The number of hydrogen-bond donors (Lipinski definition) is 0. The molecule has 3 aromatic rings. The number of nitrogens with zero attached hydrogens (tertiary/aromatic N) is 2. The highest BCUT2D eigenvalue weighted by Crippen LogP contribution is 2.16. The van der Waals surface area contributed by atoms with Crippen molar-refractivity contribution in [3.05, 3.63) is 71.2 Å². The molecule has 0 fully saturated rings. The first-order valence-electron chi connectivity index (χ1n) is 7.48. The van der Waals surface area contributed by atoms with Gasteiger partial charge in [0.05, 0.1) is 10.6 Å². The van der Waals surface area contributed by atoms with Crippen LogP contribution in [0.2, 0.25) is 0 Å². The van der Waals surface area contributed by atoms with Crippen LogP contribution in [0.3, 0.4) is 0 Å². The van der Waals surface area contributed by atoms with E-state index in [-0.39, 0.29) is 23.6 Å². The monoisotopic (exact) mass is 344 g/mol. The SMILES string of the molecule is O=c1onc(-c2ccccc2)n1CCCS(=O)(=O)c1ccccc1. The first kappa shape index (κ1) is 16.2. The number of benzene rings is 2. The highest BCUT2D eigenvalue weighted by molar-refractivity contribution is 7.91. The third kappa shape index (κ3) is 3.46. The lowest BCUT2D eigenvalue weighted by Gasteiger charge is -2.06. The molecule has 0 radical (unpaired) electrons. The summed E-state index contributed by atoms with van der Waals surface area (Å²) in [4.78, 5) is 12.1. The number of rotatable bonds is 6. The summed E-state index contributed by atoms with van der Waals surface area (Å²) in [6.45, 7) is 0.221. The highest BCUT2D eigenvalue weighted by Gasteiger charge is 2.16. The summed E-state index contributed by atoms with van der Waals surface area (Å²) in [6, 6.07) is 17.4. The molecular weight excluding hydrogens is 328 g/mol. The van der Waals surface area contributed by atoms with Gasteiger partial charge in [0.15, 0.2) is 15.7 Å². The predicted molar refractivity (Wildman–Crippen MR) is 89.3 cm³/mol. The van der Waals surface area contributed by atoms with E-state index in [0.29, 0.717) is 5.82 Å². The van der Waals surface area contributed by atoms with E-state index in [2.05, 4.69) is 5.16 Å². The summed E-state index contributed by atoms with van der Waals surface area (Å²) in [6.07, 6.45) is 0.290. The Kier molecular flexibility index (Phi) is 4.61. The second-order valence-corrected chi connectivity index (χ2v) is 7.38. The van der Waals surface area contributed by atoms with Gasteiger partial charge in [-0.25, -0.2) is 13.2 Å². The molecule has 0 aliphatic carbocycles. The Morgan fingerprint density at radius 1 is 0.958 bits per heavy atom. The molecule has 0 amide bonds. The van der Waals surface area contributed by atoms with Crippen molar-refractivity contribution in [3.63, 3.8) is 0 Å². The Labute approximate surface area is 139 Å². The zero-order valence-electron chi connectivity index (χ0n) is 12.8. The molecule has 2 aromatic carbocycles. The first-order valence-corrected chi connectivity index (χ1v) is 9.13. The van der Waals surface area contributed by atoms with Gasteiger partial charge in [-0.05, 0) is 18.6 Å². The summed E-state index contributed by atoms with van der Waals surface area (Å²) >= 11 is 0. The summed E-state index contributed by atoms with van der Waals surface area (Å²) in [5, 5.41) is 3.79. The highest BCUT2D eigenvalue weighted by atomic mass is 32.2. The zero-order valence-corrected chi connectivity index (χ0v) is 13.6. The van der Waals surface area contributed by atoms with Gasteiger partial charge in [-0.15, -0.1) is 0 Å². The Morgan fingerprint density at radius 3 is 2.25 bits per heavy atom. The lowest BCUT2D eigenvalue weighted by molar-refractivity contribution is 0.375. The van der Waals surface area contributed by atoms with Crippen LogP contribution in [0.15, 0.2) is 74.9 Å². The van der Waals surface area contributed by atoms with Gasteiger partial charge in [-0.3, -0.25) is 9.09 Å². The van der Waals surface area contributed by atoms with Crippen LogP contribution in [-0.4, -0.2) is 23.9 Å². The second kappa shape index (κ2) is 6.84. The molecule has 7 heteroatoms. The van der Waals surface area contributed by atoms with Gasteiger partial charge < -0.3 is 0 Å². The molecule has 3 rings (SSSR count). The lowest BCUT2D eigenvalue weighted by atomic mass is 10.2. The molecular formula is C17H16N2O4S. The van der Waals surface area contributed by atoms with Crippen LogP contribution >= 0.6 is 0 Å². The molecule has 24 heavy (non-hydrogen) atoms. The van der Waals surface area contributed by atoms with Crippen molar-refractivity contribution in [1.82, 2.24) is 9.72 Å². The Bertz CT molecular complexity index is 961. The van der Waals surface area contributed by atoms with Gasteiger partial charge >= 0.3 is 5.76 Å². The van der Waals surface area contributed by atoms with Crippen LogP contribution in [0.4, 0.5) is 0 Å². The normalized spacial score (nSPS) is 11.5. The summed E-state index contributed by atoms with van der Waals surface area (Å²) in [5.41, 5.74) is 0.745. The quantitative estimate of drug-likeness (QED) is 0.685. The molecule has 0 bridgehead atoms. The maximum absolute atomic E-state index is 12.3. The van der Waals surface area contributed by atoms with Gasteiger partial charge in [0.2, 0.25) is 0 Å². The predicted octanol–water partition coefficient (Wildman–Crippen LogP) is 2.37. The first-order chi connectivity index (χ1) is 11.6. The fraction of sp³-hybridized carbons (Fsp3) is 0.176. The maximum Gasteiger partial charge on any atom is 0.441 e. The van der Waals surface area contributed by atoms with Crippen molar-refractivity contribution in [2.75, 3.05) is 5.75 Å². The summed E-state index contributed by atoms with van der Waals surface area (Å²) in [5.74, 6) is -0.244. The second-order valence-electron chi connectivity index (χ2n) is 5.28. The van der Waals surface area contributed by atoms with Gasteiger partial charge in [0.25, 0.3) is 0 Å². The molecule has 6 nitrogen and oxygen atoms in total. The minimum atomic E-state index is -3.37. The molecule has 1 heterocycles. The zero-order chi connectivity index (χ0) is 17.0. The van der Waals surface area contributed by atoms with E-state index in [9.17, 15) is 13.2 Å². The maximum atomic E-state index is 12.3. The number of aromatic nitrogens is 2. The van der Waals surface area contributed by atoms with Gasteiger partial charge in [-0.1, -0.05) is 53.7 Å². The molecule has 0 aliphatic heterocycles. The third-order valence-corrected chi connectivity index (χ3v) is 5.43. The van der Waals surface area contributed by atoms with Crippen LogP contribution < -0.4 is 5.76 Å². The molecule has 0 saturated heterocycles. The van der Waals surface area contributed by atoms with Crippen molar-refractivity contribution in [2.45, 2.75) is 17.9 Å². The van der Waals surface area contributed by atoms with Crippen molar-refractivity contribution in [2.24, 2.45) is 0 Å². The van der Waals surface area contributed by atoms with Crippen LogP contribution in [0.5, 0.6) is 0 Å². The minimum Gasteiger partial charge on any atom is -0.295 e. The number of sulfone groups is 1. The van der Waals surface area contributed by atoms with Gasteiger partial charge in [0.1, 0.15) is 0 Å². The van der Waals surface area contributed by atoms with Crippen LogP contribution in [-0.2, 0) is 16.4 Å². The van der Waals surface area contributed by atoms with E-state index >= 15 is 0 Å². The van der Waals surface area contributed by atoms with E-state index in [1.165, 1.54) is 4.57 Å². The molecule has 124 valence electrons. The van der Waals surface area contributed by atoms with Gasteiger partial charge in [0, 0.05) is 12.1 Å². The van der Waals surface area contributed by atoms with E-state index in [0.717, 1.165) is 5.56 Å². The van der Waals surface area contributed by atoms with E-state index in [4.69, 9.17) is 4.52 Å². The third-order valence-electron chi connectivity index (χ3n) is 3.62. The summed E-state index contributed by atoms with van der Waals surface area (Å²) in [7, 11) is -3.37. The average molecular weight is 344 g/mol. The molecule has 0 aliphatic rings. The Hall–Kier alpha value is -2.67. The van der Waals surface area contributed by atoms with E-state index in [1.54, 1.807) is 30.3 Å². The van der Waals surface area contributed by atoms with Crippen molar-refractivity contribution in [1.29, 1.82) is 0 Å². The van der Waals surface area contributed by atoms with E-state index in [1.807, 2.05) is 30.3 Å². The summed E-state index contributed by atoms with van der Waals surface area (Å²) < 4.78 is 30.6. The largest absolute Gasteiger partial charge is 0.441 e. The van der Waals surface area contributed by atoms with E-state index < -0.39 is 15.6 Å². The Balaban J connectivity index is 1.75.